The standard InChI is InChI=1S/C15H15Cl2N/c1-11-4-2-3-5-12(11)9-18-10-13-8-14(16)6-7-15(13)17/h2-8,18H,9-10H2,1H3. The predicted octanol–water partition coefficient (Wildman–Crippen LogP) is 4.59. The predicted molar refractivity (Wildman–Crippen MR) is 78.2 cm³/mol. The molecule has 18 heavy (non-hydrogen) atoms. The Kier molecular flexibility index (Phi) is 4.65. The Morgan fingerprint density at radius 3 is 2.44 bits per heavy atom. The van der Waals surface area contributed by atoms with E-state index in [9.17, 15) is 0 Å². The molecule has 0 aliphatic rings. The van der Waals surface area contributed by atoms with E-state index < -0.39 is 0 Å². The minimum atomic E-state index is 0.715. The van der Waals surface area contributed by atoms with Crippen molar-refractivity contribution in [3.8, 4) is 0 Å². The number of hydrogen-bond donors (Lipinski definition) is 1. The smallest absolute Gasteiger partial charge is 0.0451 e. The van der Waals surface area contributed by atoms with Gasteiger partial charge in [-0.25, -0.2) is 0 Å². The Hall–Kier alpha value is -1.02. The van der Waals surface area contributed by atoms with Crippen LogP contribution in [-0.2, 0) is 13.1 Å². The molecule has 0 amide bonds. The van der Waals surface area contributed by atoms with Crippen molar-refractivity contribution in [1.82, 2.24) is 5.32 Å². The molecular weight excluding hydrogens is 265 g/mol. The average Bonchev–Trinajstić information content (AvgIpc) is 2.36. The van der Waals surface area contributed by atoms with Crippen molar-refractivity contribution in [3.05, 3.63) is 69.2 Å². The summed E-state index contributed by atoms with van der Waals surface area (Å²) in [5, 5.41) is 4.85. The van der Waals surface area contributed by atoms with Crippen LogP contribution in [0.25, 0.3) is 0 Å². The molecule has 0 heterocycles. The van der Waals surface area contributed by atoms with Crippen molar-refractivity contribution < 1.29 is 0 Å². The molecule has 0 aromatic heterocycles. The third kappa shape index (κ3) is 3.49. The molecule has 1 nitrogen and oxygen atoms in total. The highest BCUT2D eigenvalue weighted by molar-refractivity contribution is 6.33. The van der Waals surface area contributed by atoms with Crippen LogP contribution in [-0.4, -0.2) is 0 Å². The van der Waals surface area contributed by atoms with Crippen LogP contribution in [0.5, 0.6) is 0 Å². The molecular formula is C15H15Cl2N. The highest BCUT2D eigenvalue weighted by Gasteiger charge is 2.02. The molecule has 0 saturated carbocycles. The molecule has 2 rings (SSSR count). The second kappa shape index (κ2) is 6.24. The first kappa shape index (κ1) is 13.4. The van der Waals surface area contributed by atoms with Crippen molar-refractivity contribution in [2.45, 2.75) is 20.0 Å². The fraction of sp³-hybridized carbons (Fsp3) is 0.200. The summed E-state index contributed by atoms with van der Waals surface area (Å²) < 4.78 is 0. The van der Waals surface area contributed by atoms with Gasteiger partial charge in [0.05, 0.1) is 0 Å². The van der Waals surface area contributed by atoms with Gasteiger partial charge in [-0.2, -0.15) is 0 Å². The molecule has 0 aliphatic heterocycles. The van der Waals surface area contributed by atoms with Crippen LogP contribution in [0.2, 0.25) is 10.0 Å². The summed E-state index contributed by atoms with van der Waals surface area (Å²) in [6.45, 7) is 3.66. The largest absolute Gasteiger partial charge is 0.309 e. The van der Waals surface area contributed by atoms with Crippen LogP contribution in [0.1, 0.15) is 16.7 Å². The quantitative estimate of drug-likeness (QED) is 0.863. The fourth-order valence-corrected chi connectivity index (χ4v) is 2.20. The Labute approximate surface area is 118 Å². The summed E-state index contributed by atoms with van der Waals surface area (Å²) in [7, 11) is 0. The van der Waals surface area contributed by atoms with Gasteiger partial charge >= 0.3 is 0 Å². The monoisotopic (exact) mass is 279 g/mol. The molecule has 0 bridgehead atoms. The van der Waals surface area contributed by atoms with Crippen LogP contribution >= 0.6 is 23.2 Å². The molecule has 0 fully saturated rings. The zero-order chi connectivity index (χ0) is 13.0. The van der Waals surface area contributed by atoms with Crippen molar-refractivity contribution in [1.29, 1.82) is 0 Å². The van der Waals surface area contributed by atoms with Gasteiger partial charge in [0.25, 0.3) is 0 Å². The van der Waals surface area contributed by atoms with Crippen LogP contribution < -0.4 is 5.32 Å². The zero-order valence-electron chi connectivity index (χ0n) is 10.2. The molecule has 2 aromatic rings. The van der Waals surface area contributed by atoms with Crippen LogP contribution in [0.3, 0.4) is 0 Å². The number of benzene rings is 2. The molecule has 94 valence electrons. The van der Waals surface area contributed by atoms with E-state index in [2.05, 4.69) is 30.4 Å². The summed E-state index contributed by atoms with van der Waals surface area (Å²) in [4.78, 5) is 0. The number of aryl methyl sites for hydroxylation is 1. The van der Waals surface area contributed by atoms with Crippen LogP contribution in [0.15, 0.2) is 42.5 Å². The maximum absolute atomic E-state index is 6.11. The lowest BCUT2D eigenvalue weighted by Crippen LogP contribution is -2.13. The summed E-state index contributed by atoms with van der Waals surface area (Å²) >= 11 is 12.1. The van der Waals surface area contributed by atoms with Crippen molar-refractivity contribution in [2.24, 2.45) is 0 Å². The van der Waals surface area contributed by atoms with Crippen LogP contribution in [0.4, 0.5) is 0 Å². The lowest BCUT2D eigenvalue weighted by Gasteiger charge is -2.09. The lowest BCUT2D eigenvalue weighted by atomic mass is 10.1. The Balaban J connectivity index is 1.96. The second-order valence-corrected chi connectivity index (χ2v) is 5.11. The third-order valence-corrected chi connectivity index (χ3v) is 3.50. The van der Waals surface area contributed by atoms with Crippen molar-refractivity contribution in [2.75, 3.05) is 0 Å². The third-order valence-electron chi connectivity index (χ3n) is 2.90. The van der Waals surface area contributed by atoms with E-state index in [0.29, 0.717) is 11.6 Å². The van der Waals surface area contributed by atoms with Crippen molar-refractivity contribution >= 4 is 23.2 Å². The Bertz CT molecular complexity index is 538. The Morgan fingerprint density at radius 1 is 0.944 bits per heavy atom. The molecule has 0 saturated heterocycles. The molecule has 0 radical (unpaired) electrons. The first-order chi connectivity index (χ1) is 8.66. The summed E-state index contributed by atoms with van der Waals surface area (Å²) in [6.07, 6.45) is 0. The van der Waals surface area contributed by atoms with E-state index in [0.717, 1.165) is 17.1 Å². The summed E-state index contributed by atoms with van der Waals surface area (Å²) in [6, 6.07) is 13.9. The highest BCUT2D eigenvalue weighted by Crippen LogP contribution is 2.20. The van der Waals surface area contributed by atoms with Crippen LogP contribution in [0, 0.1) is 6.92 Å². The number of hydrogen-bond acceptors (Lipinski definition) is 1. The molecule has 1 N–H and O–H groups in total. The molecule has 3 heteroatoms. The SMILES string of the molecule is Cc1ccccc1CNCc1cc(Cl)ccc1Cl. The van der Waals surface area contributed by atoms with E-state index in [-0.39, 0.29) is 0 Å². The average molecular weight is 280 g/mol. The minimum Gasteiger partial charge on any atom is -0.309 e. The molecule has 0 aliphatic carbocycles. The highest BCUT2D eigenvalue weighted by atomic mass is 35.5. The summed E-state index contributed by atoms with van der Waals surface area (Å²) in [5.41, 5.74) is 3.62. The number of halogens is 2. The van der Waals surface area contributed by atoms with Gasteiger partial charge in [0.2, 0.25) is 0 Å². The fourth-order valence-electron chi connectivity index (χ4n) is 1.82. The number of nitrogens with one attached hydrogen (secondary N) is 1. The minimum absolute atomic E-state index is 0.715. The van der Waals surface area contributed by atoms with Gasteiger partial charge in [-0.3, -0.25) is 0 Å². The van der Waals surface area contributed by atoms with Gasteiger partial charge in [0, 0.05) is 23.1 Å². The summed E-state index contributed by atoms with van der Waals surface area (Å²) in [5.74, 6) is 0. The molecule has 0 atom stereocenters. The van der Waals surface area contributed by atoms with Crippen molar-refractivity contribution in [3.63, 3.8) is 0 Å². The first-order valence-electron chi connectivity index (χ1n) is 5.86. The van der Waals surface area contributed by atoms with Gasteiger partial charge in [-0.1, -0.05) is 47.5 Å². The first-order valence-corrected chi connectivity index (χ1v) is 6.61. The molecule has 0 unspecified atom stereocenters. The molecule has 2 aromatic carbocycles. The van der Waals surface area contributed by atoms with Gasteiger partial charge in [-0.15, -0.1) is 0 Å². The topological polar surface area (TPSA) is 12.0 Å². The Morgan fingerprint density at radius 2 is 1.67 bits per heavy atom. The maximum atomic E-state index is 6.11. The normalized spacial score (nSPS) is 10.6. The molecule has 0 spiro atoms. The van der Waals surface area contributed by atoms with E-state index >= 15 is 0 Å². The van der Waals surface area contributed by atoms with Gasteiger partial charge in [0.15, 0.2) is 0 Å². The van der Waals surface area contributed by atoms with Gasteiger partial charge in [-0.05, 0) is 41.8 Å². The van der Waals surface area contributed by atoms with Gasteiger partial charge in [0.1, 0.15) is 0 Å². The van der Waals surface area contributed by atoms with E-state index in [4.69, 9.17) is 23.2 Å². The second-order valence-electron chi connectivity index (χ2n) is 4.27. The maximum Gasteiger partial charge on any atom is 0.0451 e. The lowest BCUT2D eigenvalue weighted by molar-refractivity contribution is 0.691. The number of rotatable bonds is 4. The zero-order valence-corrected chi connectivity index (χ0v) is 11.7. The van der Waals surface area contributed by atoms with E-state index in [1.807, 2.05) is 18.2 Å². The van der Waals surface area contributed by atoms with E-state index in [1.165, 1.54) is 11.1 Å². The van der Waals surface area contributed by atoms with Gasteiger partial charge < -0.3 is 5.32 Å². The van der Waals surface area contributed by atoms with E-state index in [1.54, 1.807) is 6.07 Å².